The van der Waals surface area contributed by atoms with Crippen LogP contribution in [-0.4, -0.2) is 54.2 Å². The third kappa shape index (κ3) is 3.03. The lowest BCUT2D eigenvalue weighted by molar-refractivity contribution is -0.120. The van der Waals surface area contributed by atoms with Crippen molar-refractivity contribution in [2.45, 2.75) is 24.8 Å². The highest BCUT2D eigenvalue weighted by molar-refractivity contribution is 5.88. The highest BCUT2D eigenvalue weighted by atomic mass is 19.1. The van der Waals surface area contributed by atoms with Gasteiger partial charge in [0.15, 0.2) is 0 Å². The minimum atomic E-state index is -0.284. The maximum absolute atomic E-state index is 13.4. The normalized spacial score (nSPS) is 20.2. The lowest BCUT2D eigenvalue weighted by Crippen LogP contribution is -2.50. The number of halogens is 1. The Morgan fingerprint density at radius 2 is 2.12 bits per heavy atom. The summed E-state index contributed by atoms with van der Waals surface area (Å²) in [5.41, 5.74) is 1.82. The van der Waals surface area contributed by atoms with Gasteiger partial charge in [-0.2, -0.15) is 0 Å². The van der Waals surface area contributed by atoms with Gasteiger partial charge < -0.3 is 15.0 Å². The van der Waals surface area contributed by atoms with E-state index < -0.39 is 0 Å². The van der Waals surface area contributed by atoms with Crippen LogP contribution in [0.15, 0.2) is 24.4 Å². The van der Waals surface area contributed by atoms with Crippen molar-refractivity contribution in [2.75, 3.05) is 32.8 Å². The number of nitrogens with zero attached hydrogens (tertiary/aromatic N) is 1. The van der Waals surface area contributed by atoms with Gasteiger partial charge in [0.1, 0.15) is 5.82 Å². The van der Waals surface area contributed by atoms with Gasteiger partial charge in [-0.15, -0.1) is 0 Å². The first-order chi connectivity index (χ1) is 11.7. The van der Waals surface area contributed by atoms with Gasteiger partial charge in [-0.05, 0) is 36.6 Å². The zero-order valence-corrected chi connectivity index (χ0v) is 13.6. The number of ether oxygens (including phenoxy) is 1. The number of rotatable bonds is 5. The number of benzene rings is 1. The van der Waals surface area contributed by atoms with Gasteiger partial charge >= 0.3 is 0 Å². The molecule has 2 aromatic rings. The van der Waals surface area contributed by atoms with Gasteiger partial charge in [0.05, 0.1) is 19.6 Å². The fourth-order valence-electron chi connectivity index (χ4n) is 3.58. The number of aromatic nitrogens is 1. The third-order valence-electron chi connectivity index (χ3n) is 5.20. The van der Waals surface area contributed by atoms with Crippen molar-refractivity contribution in [3.05, 3.63) is 35.8 Å². The number of H-pyrrole nitrogens is 1. The molecule has 2 fully saturated rings. The molecule has 1 aromatic heterocycles. The van der Waals surface area contributed by atoms with E-state index in [9.17, 15) is 9.18 Å². The number of hydrogen-bond acceptors (Lipinski definition) is 3. The molecule has 1 aliphatic heterocycles. The molecule has 4 rings (SSSR count). The van der Waals surface area contributed by atoms with Crippen LogP contribution >= 0.6 is 0 Å². The Morgan fingerprint density at radius 3 is 2.88 bits per heavy atom. The Balaban J connectivity index is 1.37. The Hall–Kier alpha value is -1.92. The Morgan fingerprint density at radius 1 is 1.33 bits per heavy atom. The van der Waals surface area contributed by atoms with Crippen molar-refractivity contribution < 1.29 is 13.9 Å². The second kappa shape index (κ2) is 6.18. The minimum absolute atomic E-state index is 0.0142. The first kappa shape index (κ1) is 15.6. The van der Waals surface area contributed by atoms with E-state index in [2.05, 4.69) is 15.2 Å². The van der Waals surface area contributed by atoms with Crippen molar-refractivity contribution in [3.63, 3.8) is 0 Å². The Bertz CT molecular complexity index is 748. The van der Waals surface area contributed by atoms with E-state index in [1.807, 2.05) is 0 Å². The first-order valence-electron chi connectivity index (χ1n) is 8.51. The number of fused-ring (bicyclic) bond motifs is 1. The second-order valence-electron chi connectivity index (χ2n) is 6.78. The maximum atomic E-state index is 13.4. The van der Waals surface area contributed by atoms with Crippen LogP contribution in [0.4, 0.5) is 4.39 Å². The van der Waals surface area contributed by atoms with Crippen LogP contribution in [0.5, 0.6) is 0 Å². The zero-order valence-electron chi connectivity index (χ0n) is 13.6. The van der Waals surface area contributed by atoms with E-state index in [0.717, 1.165) is 55.6 Å². The summed E-state index contributed by atoms with van der Waals surface area (Å²) in [6.07, 6.45) is 4.32. The van der Waals surface area contributed by atoms with Crippen LogP contribution < -0.4 is 5.32 Å². The van der Waals surface area contributed by atoms with Crippen LogP contribution in [0.2, 0.25) is 0 Å². The van der Waals surface area contributed by atoms with Gasteiger partial charge in [-0.25, -0.2) is 4.39 Å². The monoisotopic (exact) mass is 331 g/mol. The SMILES string of the molecule is O=C(Cc1c[nH]c2ccc(F)cc12)NCC1(N2CCOCC2)CC1. The van der Waals surface area contributed by atoms with Gasteiger partial charge in [0.2, 0.25) is 5.91 Å². The standard InChI is InChI=1S/C18H22FN3O2/c19-14-1-2-16-15(10-14)13(11-20-16)9-17(23)21-12-18(3-4-18)22-5-7-24-8-6-22/h1-2,10-11,20H,3-9,12H2,(H,21,23). The third-order valence-corrected chi connectivity index (χ3v) is 5.20. The van der Waals surface area contributed by atoms with Gasteiger partial charge in [-0.1, -0.05) is 0 Å². The molecular weight excluding hydrogens is 309 g/mol. The van der Waals surface area contributed by atoms with Crippen molar-refractivity contribution >= 4 is 16.8 Å². The molecule has 6 heteroatoms. The van der Waals surface area contributed by atoms with Gasteiger partial charge in [-0.3, -0.25) is 9.69 Å². The average Bonchev–Trinajstić information content (AvgIpc) is 3.31. The highest BCUT2D eigenvalue weighted by Crippen LogP contribution is 2.41. The fraction of sp³-hybridized carbons (Fsp3) is 0.500. The molecule has 0 atom stereocenters. The Kier molecular flexibility index (Phi) is 4.02. The van der Waals surface area contributed by atoms with E-state index in [1.54, 1.807) is 12.3 Å². The van der Waals surface area contributed by atoms with Crippen LogP contribution in [0.25, 0.3) is 10.9 Å². The summed E-state index contributed by atoms with van der Waals surface area (Å²) >= 11 is 0. The summed E-state index contributed by atoms with van der Waals surface area (Å²) in [7, 11) is 0. The number of morpholine rings is 1. The van der Waals surface area contributed by atoms with Crippen molar-refractivity contribution in [2.24, 2.45) is 0 Å². The topological polar surface area (TPSA) is 57.4 Å². The summed E-state index contributed by atoms with van der Waals surface area (Å²) in [4.78, 5) is 17.9. The number of hydrogen-bond donors (Lipinski definition) is 2. The largest absolute Gasteiger partial charge is 0.379 e. The molecule has 1 saturated heterocycles. The molecule has 0 unspecified atom stereocenters. The molecule has 1 saturated carbocycles. The van der Waals surface area contributed by atoms with Crippen LogP contribution in [0.1, 0.15) is 18.4 Å². The van der Waals surface area contributed by atoms with Crippen molar-refractivity contribution in [3.8, 4) is 0 Å². The molecule has 2 heterocycles. The number of aromatic amines is 1. The molecule has 2 aliphatic rings. The van der Waals surface area contributed by atoms with Crippen molar-refractivity contribution in [1.29, 1.82) is 0 Å². The molecule has 0 spiro atoms. The lowest BCUT2D eigenvalue weighted by atomic mass is 10.1. The summed E-state index contributed by atoms with van der Waals surface area (Å²) in [6, 6.07) is 4.59. The summed E-state index contributed by atoms with van der Waals surface area (Å²) in [5.74, 6) is -0.298. The maximum Gasteiger partial charge on any atom is 0.224 e. The average molecular weight is 331 g/mol. The molecule has 24 heavy (non-hydrogen) atoms. The Labute approximate surface area is 140 Å². The first-order valence-corrected chi connectivity index (χ1v) is 8.51. The summed E-state index contributed by atoms with van der Waals surface area (Å²) in [5, 5.41) is 3.85. The van der Waals surface area contributed by atoms with E-state index in [0.29, 0.717) is 6.54 Å². The lowest BCUT2D eigenvalue weighted by Gasteiger charge is -2.35. The van der Waals surface area contributed by atoms with Crippen LogP contribution in [-0.2, 0) is 16.0 Å². The predicted molar refractivity (Wildman–Crippen MR) is 89.3 cm³/mol. The predicted octanol–water partition coefficient (Wildman–Crippen LogP) is 1.83. The fourth-order valence-corrected chi connectivity index (χ4v) is 3.58. The molecule has 128 valence electrons. The molecule has 1 aliphatic carbocycles. The quantitative estimate of drug-likeness (QED) is 0.879. The molecule has 1 amide bonds. The number of nitrogens with one attached hydrogen (secondary N) is 2. The van der Waals surface area contributed by atoms with E-state index in [4.69, 9.17) is 4.74 Å². The van der Waals surface area contributed by atoms with Gasteiger partial charge in [0, 0.05) is 42.3 Å². The smallest absolute Gasteiger partial charge is 0.224 e. The van der Waals surface area contributed by atoms with Crippen LogP contribution in [0, 0.1) is 5.82 Å². The van der Waals surface area contributed by atoms with E-state index in [1.165, 1.54) is 12.1 Å². The number of carbonyl (C=O) groups is 1. The number of carbonyl (C=O) groups excluding carboxylic acids is 1. The molecular formula is C18H22FN3O2. The zero-order chi connectivity index (χ0) is 16.6. The van der Waals surface area contributed by atoms with Crippen LogP contribution in [0.3, 0.4) is 0 Å². The number of amides is 1. The molecule has 5 nitrogen and oxygen atoms in total. The highest BCUT2D eigenvalue weighted by Gasteiger charge is 2.48. The molecule has 2 N–H and O–H groups in total. The van der Waals surface area contributed by atoms with E-state index in [-0.39, 0.29) is 23.7 Å². The second-order valence-corrected chi connectivity index (χ2v) is 6.78. The summed E-state index contributed by atoms with van der Waals surface area (Å²) < 4.78 is 18.8. The summed E-state index contributed by atoms with van der Waals surface area (Å²) in [6.45, 7) is 4.12. The minimum Gasteiger partial charge on any atom is -0.379 e. The molecule has 0 radical (unpaired) electrons. The van der Waals surface area contributed by atoms with E-state index >= 15 is 0 Å². The molecule has 0 bridgehead atoms. The molecule has 1 aromatic carbocycles. The van der Waals surface area contributed by atoms with Gasteiger partial charge in [0.25, 0.3) is 0 Å². The van der Waals surface area contributed by atoms with Crippen molar-refractivity contribution in [1.82, 2.24) is 15.2 Å².